The third-order valence-corrected chi connectivity index (χ3v) is 2.89. The van der Waals surface area contributed by atoms with Gasteiger partial charge in [0.25, 0.3) is 0 Å². The molecule has 0 amide bonds. The van der Waals surface area contributed by atoms with Gasteiger partial charge in [-0.1, -0.05) is 13.8 Å². The molecule has 1 rings (SSSR count). The normalized spacial score (nSPS) is 11.9. The van der Waals surface area contributed by atoms with Crippen LogP contribution in [0.3, 0.4) is 0 Å². The van der Waals surface area contributed by atoms with E-state index < -0.39 is 0 Å². The molecule has 0 radical (unpaired) electrons. The van der Waals surface area contributed by atoms with Gasteiger partial charge < -0.3 is 15.2 Å². The molecule has 1 aromatic carbocycles. The molecule has 4 heteroatoms. The zero-order valence-electron chi connectivity index (χ0n) is 11.6. The summed E-state index contributed by atoms with van der Waals surface area (Å²) in [5, 5.41) is 0. The van der Waals surface area contributed by atoms with Crippen molar-refractivity contribution in [3.63, 3.8) is 0 Å². The second-order valence-electron chi connectivity index (χ2n) is 4.69. The Morgan fingerprint density at radius 1 is 1.11 bits per heavy atom. The summed E-state index contributed by atoms with van der Waals surface area (Å²) in [7, 11) is 3.33. The second-order valence-corrected chi connectivity index (χ2v) is 4.69. The maximum Gasteiger partial charge on any atom is 0.123 e. The fraction of sp³-hybridized carbons (Fsp3) is 0.571. The van der Waals surface area contributed by atoms with Gasteiger partial charge in [0.15, 0.2) is 0 Å². The molecule has 0 aliphatic heterocycles. The molecule has 18 heavy (non-hydrogen) atoms. The number of nitrogens with two attached hydrogens (primary N) is 1. The van der Waals surface area contributed by atoms with E-state index in [1.165, 1.54) is 0 Å². The minimum absolute atomic E-state index is 0. The first kappa shape index (κ1) is 17.1. The van der Waals surface area contributed by atoms with Crippen molar-refractivity contribution in [2.45, 2.75) is 32.7 Å². The molecule has 0 heterocycles. The molecule has 0 fully saturated rings. The van der Waals surface area contributed by atoms with Crippen molar-refractivity contribution in [2.24, 2.45) is 11.7 Å². The van der Waals surface area contributed by atoms with Gasteiger partial charge in [0, 0.05) is 11.6 Å². The number of ether oxygens (including phenoxy) is 2. The number of methoxy groups -OCH3 is 2. The van der Waals surface area contributed by atoms with Crippen molar-refractivity contribution in [3.8, 4) is 11.5 Å². The van der Waals surface area contributed by atoms with Gasteiger partial charge in [0.2, 0.25) is 0 Å². The van der Waals surface area contributed by atoms with E-state index in [0.717, 1.165) is 29.9 Å². The Bertz CT molecular complexity index is 356. The van der Waals surface area contributed by atoms with Crippen molar-refractivity contribution in [1.82, 2.24) is 0 Å². The van der Waals surface area contributed by atoms with E-state index in [1.54, 1.807) is 14.2 Å². The van der Waals surface area contributed by atoms with Crippen molar-refractivity contribution in [1.29, 1.82) is 0 Å². The summed E-state index contributed by atoms with van der Waals surface area (Å²) in [6.07, 6.45) is 2.07. The first-order chi connectivity index (χ1) is 8.08. The van der Waals surface area contributed by atoms with Crippen LogP contribution in [0.5, 0.6) is 11.5 Å². The number of hydrogen-bond donors (Lipinski definition) is 1. The van der Waals surface area contributed by atoms with E-state index in [9.17, 15) is 0 Å². The first-order valence-corrected chi connectivity index (χ1v) is 6.06. The standard InChI is InChI=1S/C14H23NO2.ClH/c1-10(2)5-7-13(15)12-9-11(16-3)6-8-14(12)17-4;/h6,8-10,13H,5,7,15H2,1-4H3;1H/t13-;/m1./s1. The third kappa shape index (κ3) is 4.75. The van der Waals surface area contributed by atoms with Gasteiger partial charge in [-0.25, -0.2) is 0 Å². The van der Waals surface area contributed by atoms with Crippen LogP contribution in [0.4, 0.5) is 0 Å². The second kappa shape index (κ2) is 8.22. The Morgan fingerprint density at radius 2 is 1.78 bits per heavy atom. The van der Waals surface area contributed by atoms with Crippen molar-refractivity contribution >= 4 is 12.4 Å². The van der Waals surface area contributed by atoms with Gasteiger partial charge in [-0.2, -0.15) is 0 Å². The molecule has 1 atom stereocenters. The molecule has 0 saturated heterocycles. The molecular weight excluding hydrogens is 250 g/mol. The van der Waals surface area contributed by atoms with E-state index >= 15 is 0 Å². The third-order valence-electron chi connectivity index (χ3n) is 2.89. The topological polar surface area (TPSA) is 44.5 Å². The molecule has 3 nitrogen and oxygen atoms in total. The molecule has 0 aliphatic rings. The monoisotopic (exact) mass is 273 g/mol. The molecule has 0 unspecified atom stereocenters. The summed E-state index contributed by atoms with van der Waals surface area (Å²) in [4.78, 5) is 0. The summed E-state index contributed by atoms with van der Waals surface area (Å²) in [6, 6.07) is 5.76. The van der Waals surface area contributed by atoms with Gasteiger partial charge in [-0.3, -0.25) is 0 Å². The van der Waals surface area contributed by atoms with E-state index in [2.05, 4.69) is 13.8 Å². The van der Waals surface area contributed by atoms with E-state index in [4.69, 9.17) is 15.2 Å². The highest BCUT2D eigenvalue weighted by Crippen LogP contribution is 2.30. The summed E-state index contributed by atoms with van der Waals surface area (Å²) in [5.41, 5.74) is 7.23. The van der Waals surface area contributed by atoms with Crippen LogP contribution in [0.25, 0.3) is 0 Å². The summed E-state index contributed by atoms with van der Waals surface area (Å²) >= 11 is 0. The highest BCUT2D eigenvalue weighted by Gasteiger charge is 2.13. The predicted octanol–water partition coefficient (Wildman–Crippen LogP) is 3.56. The minimum Gasteiger partial charge on any atom is -0.497 e. The van der Waals surface area contributed by atoms with E-state index in [0.29, 0.717) is 5.92 Å². The van der Waals surface area contributed by atoms with Crippen LogP contribution in [0.1, 0.15) is 38.3 Å². The molecular formula is C14H24ClNO2. The van der Waals surface area contributed by atoms with Crippen LogP contribution in [-0.2, 0) is 0 Å². The van der Waals surface area contributed by atoms with Crippen LogP contribution in [-0.4, -0.2) is 14.2 Å². The average Bonchev–Trinajstić information content (AvgIpc) is 2.34. The minimum atomic E-state index is 0. The lowest BCUT2D eigenvalue weighted by molar-refractivity contribution is 0.391. The van der Waals surface area contributed by atoms with E-state index in [-0.39, 0.29) is 18.4 Å². The molecule has 0 bridgehead atoms. The first-order valence-electron chi connectivity index (χ1n) is 6.06. The number of halogens is 1. The van der Waals surface area contributed by atoms with Crippen LogP contribution < -0.4 is 15.2 Å². The average molecular weight is 274 g/mol. The molecule has 1 aromatic rings. The molecule has 0 aromatic heterocycles. The fourth-order valence-electron chi connectivity index (χ4n) is 1.80. The fourth-order valence-corrected chi connectivity index (χ4v) is 1.80. The lowest BCUT2D eigenvalue weighted by atomic mass is 9.97. The molecule has 0 aliphatic carbocycles. The maximum atomic E-state index is 6.21. The molecule has 104 valence electrons. The summed E-state index contributed by atoms with van der Waals surface area (Å²) in [6.45, 7) is 4.41. The Balaban J connectivity index is 0.00000289. The van der Waals surface area contributed by atoms with Crippen LogP contribution in [0.2, 0.25) is 0 Å². The highest BCUT2D eigenvalue weighted by molar-refractivity contribution is 5.85. The molecule has 0 saturated carbocycles. The smallest absolute Gasteiger partial charge is 0.123 e. The number of benzene rings is 1. The Morgan fingerprint density at radius 3 is 2.28 bits per heavy atom. The van der Waals surface area contributed by atoms with Gasteiger partial charge in [-0.05, 0) is 37.0 Å². The molecule has 2 N–H and O–H groups in total. The summed E-state index contributed by atoms with van der Waals surface area (Å²) < 4.78 is 10.6. The van der Waals surface area contributed by atoms with Crippen LogP contribution >= 0.6 is 12.4 Å². The Hall–Kier alpha value is -0.930. The Labute approximate surface area is 116 Å². The maximum absolute atomic E-state index is 6.21. The number of hydrogen-bond acceptors (Lipinski definition) is 3. The zero-order chi connectivity index (χ0) is 12.8. The Kier molecular flexibility index (Phi) is 7.80. The van der Waals surface area contributed by atoms with Crippen molar-refractivity contribution in [3.05, 3.63) is 23.8 Å². The highest BCUT2D eigenvalue weighted by atomic mass is 35.5. The predicted molar refractivity (Wildman–Crippen MR) is 77.8 cm³/mol. The molecule has 0 spiro atoms. The number of rotatable bonds is 6. The lowest BCUT2D eigenvalue weighted by Gasteiger charge is -2.17. The van der Waals surface area contributed by atoms with Crippen LogP contribution in [0, 0.1) is 5.92 Å². The summed E-state index contributed by atoms with van der Waals surface area (Å²) in [5.74, 6) is 2.32. The lowest BCUT2D eigenvalue weighted by Crippen LogP contribution is -2.12. The van der Waals surface area contributed by atoms with Gasteiger partial charge in [0.1, 0.15) is 11.5 Å². The van der Waals surface area contributed by atoms with Gasteiger partial charge in [0.05, 0.1) is 14.2 Å². The SMILES string of the molecule is COc1ccc(OC)c([C@H](N)CCC(C)C)c1.Cl. The van der Waals surface area contributed by atoms with Gasteiger partial charge >= 0.3 is 0 Å². The van der Waals surface area contributed by atoms with Crippen LogP contribution in [0.15, 0.2) is 18.2 Å². The van der Waals surface area contributed by atoms with Crippen molar-refractivity contribution < 1.29 is 9.47 Å². The van der Waals surface area contributed by atoms with Crippen molar-refractivity contribution in [2.75, 3.05) is 14.2 Å². The largest absolute Gasteiger partial charge is 0.497 e. The zero-order valence-corrected chi connectivity index (χ0v) is 12.4. The van der Waals surface area contributed by atoms with Gasteiger partial charge in [-0.15, -0.1) is 12.4 Å². The quantitative estimate of drug-likeness (QED) is 0.862. The van der Waals surface area contributed by atoms with E-state index in [1.807, 2.05) is 18.2 Å².